The number of hydrogen-bond donors (Lipinski definition) is 8. The normalized spacial score (nSPS) is 22.3. The van der Waals surface area contributed by atoms with Crippen molar-refractivity contribution in [2.24, 2.45) is 0 Å². The van der Waals surface area contributed by atoms with Crippen LogP contribution in [-0.2, 0) is 10.2 Å². The van der Waals surface area contributed by atoms with Gasteiger partial charge in [0.05, 0.1) is 0 Å². The Hall–Kier alpha value is -6.81. The highest BCUT2D eigenvalue weighted by molar-refractivity contribution is 6.01. The quantitative estimate of drug-likeness (QED) is 0.0725. The van der Waals surface area contributed by atoms with Crippen molar-refractivity contribution < 1.29 is 50.4 Å². The monoisotopic (exact) mass is 694 g/mol. The largest absolute Gasteiger partial charge is 0.508 e. The second-order valence-electron chi connectivity index (χ2n) is 13.7. The predicted octanol–water partition coefficient (Wildman–Crippen LogP) is 6.74. The van der Waals surface area contributed by atoms with E-state index in [1.54, 1.807) is 36.4 Å². The Bertz CT molecular complexity index is 2430. The van der Waals surface area contributed by atoms with Crippen molar-refractivity contribution in [2.75, 3.05) is 0 Å². The maximum atomic E-state index is 14.8. The van der Waals surface area contributed by atoms with Crippen molar-refractivity contribution >= 4 is 5.97 Å². The van der Waals surface area contributed by atoms with E-state index in [1.165, 1.54) is 72.8 Å². The number of benzene rings is 6. The fourth-order valence-corrected chi connectivity index (χ4v) is 9.18. The lowest BCUT2D eigenvalue weighted by molar-refractivity contribution is -0.135. The van der Waals surface area contributed by atoms with Crippen LogP contribution in [0.5, 0.6) is 51.7 Å². The first-order valence-electron chi connectivity index (χ1n) is 16.6. The zero-order valence-corrected chi connectivity index (χ0v) is 27.1. The summed E-state index contributed by atoms with van der Waals surface area (Å²) in [6.07, 6.45) is 0. The molecule has 5 atom stereocenters. The number of aromatic hydroxyl groups is 8. The first-order valence-corrected chi connectivity index (χ1v) is 16.6. The van der Waals surface area contributed by atoms with Gasteiger partial charge in [-0.25, -0.2) is 4.79 Å². The molecule has 10 heteroatoms. The first-order chi connectivity index (χ1) is 25.0. The highest BCUT2D eigenvalue weighted by Crippen LogP contribution is 2.71. The number of carbonyl (C=O) groups is 1. The Kier molecular flexibility index (Phi) is 6.50. The molecule has 52 heavy (non-hydrogen) atoms. The van der Waals surface area contributed by atoms with Crippen LogP contribution >= 0.6 is 0 Å². The third kappa shape index (κ3) is 4.21. The van der Waals surface area contributed by atoms with Crippen molar-refractivity contribution in [2.45, 2.75) is 29.1 Å². The molecule has 0 fully saturated rings. The molecule has 2 aliphatic carbocycles. The molecule has 6 aromatic rings. The van der Waals surface area contributed by atoms with Crippen molar-refractivity contribution in [3.05, 3.63) is 159 Å². The summed E-state index contributed by atoms with van der Waals surface area (Å²) in [6.45, 7) is 0. The van der Waals surface area contributed by atoms with Crippen LogP contribution in [0.4, 0.5) is 0 Å². The Balaban J connectivity index is 1.52. The SMILES string of the molecule is O=C1Oc2cc(O)c3c4c2[C@]1(c1ccc(O)cc1)c1cc(O)cc(O)c1[C@H](c1ccc(O)cc1)[C@@H]4[C@H](c1ccc(O)cc1)[C@H]3c1cc(O)cc(O)c1. The number of hydrogen-bond acceptors (Lipinski definition) is 10. The molecule has 1 heterocycles. The summed E-state index contributed by atoms with van der Waals surface area (Å²) in [6, 6.07) is 27.1. The molecule has 0 spiro atoms. The lowest BCUT2D eigenvalue weighted by atomic mass is 9.67. The summed E-state index contributed by atoms with van der Waals surface area (Å²) in [5.41, 5.74) is 2.01. The second kappa shape index (κ2) is 10.8. The van der Waals surface area contributed by atoms with Gasteiger partial charge in [0.2, 0.25) is 0 Å². The fraction of sp³-hybridized carbons (Fsp3) is 0.119. The van der Waals surface area contributed by atoms with Gasteiger partial charge in [-0.3, -0.25) is 0 Å². The Morgan fingerprint density at radius 1 is 0.462 bits per heavy atom. The van der Waals surface area contributed by atoms with Crippen LogP contribution in [0.15, 0.2) is 109 Å². The van der Waals surface area contributed by atoms with E-state index < -0.39 is 35.1 Å². The molecule has 0 radical (unpaired) electrons. The smallest absolute Gasteiger partial charge is 0.331 e. The van der Waals surface area contributed by atoms with Crippen LogP contribution in [0.2, 0.25) is 0 Å². The molecule has 1 aliphatic heterocycles. The maximum Gasteiger partial charge on any atom is 0.331 e. The molecule has 6 aromatic carbocycles. The molecule has 9 rings (SSSR count). The molecule has 0 saturated carbocycles. The van der Waals surface area contributed by atoms with Crippen LogP contribution in [0.25, 0.3) is 0 Å². The molecule has 0 unspecified atom stereocenters. The van der Waals surface area contributed by atoms with Crippen LogP contribution < -0.4 is 4.74 Å². The summed E-state index contributed by atoms with van der Waals surface area (Å²) in [7, 11) is 0. The highest BCUT2D eigenvalue weighted by atomic mass is 16.5. The van der Waals surface area contributed by atoms with E-state index in [4.69, 9.17) is 4.74 Å². The standard InChI is InChI=1S/C42H30O10/c43-23-7-1-19(2-8-23)33-35(21-13-26(46)15-27(47)14-21)37-31(50)18-32-40-39(37)38(33)34(20-3-9-24(44)10-4-20)36-29(16-28(48)17-30(36)49)42(40,41(51)52-32)22-5-11-25(45)12-6-22/h1-18,33-35,38,43-50H/t33-,34+,35-,38+,42+/m1/s1. The first kappa shape index (κ1) is 31.2. The van der Waals surface area contributed by atoms with Gasteiger partial charge in [-0.15, -0.1) is 0 Å². The summed E-state index contributed by atoms with van der Waals surface area (Å²) in [5.74, 6) is -5.11. The van der Waals surface area contributed by atoms with Gasteiger partial charge in [0.1, 0.15) is 57.2 Å². The van der Waals surface area contributed by atoms with Gasteiger partial charge in [-0.2, -0.15) is 0 Å². The van der Waals surface area contributed by atoms with E-state index in [2.05, 4.69) is 0 Å². The topological polar surface area (TPSA) is 188 Å². The number of rotatable bonds is 4. The third-order valence-corrected chi connectivity index (χ3v) is 11.0. The number of ether oxygens (including phenoxy) is 1. The van der Waals surface area contributed by atoms with Crippen LogP contribution in [0.1, 0.15) is 73.7 Å². The maximum absolute atomic E-state index is 14.8. The van der Waals surface area contributed by atoms with Gasteiger partial charge in [0.15, 0.2) is 0 Å². The molecule has 0 amide bonds. The Morgan fingerprint density at radius 3 is 1.60 bits per heavy atom. The number of carbonyl (C=O) groups excluding carboxylic acids is 1. The van der Waals surface area contributed by atoms with Crippen LogP contribution in [0, 0.1) is 0 Å². The Labute approximate surface area is 296 Å². The zero-order chi connectivity index (χ0) is 36.2. The molecule has 0 aromatic heterocycles. The molecular weight excluding hydrogens is 664 g/mol. The van der Waals surface area contributed by atoms with Crippen molar-refractivity contribution in [1.29, 1.82) is 0 Å². The lowest BCUT2D eigenvalue weighted by Gasteiger charge is -2.34. The number of phenols is 8. The molecule has 0 bridgehead atoms. The minimum atomic E-state index is -1.84. The fourth-order valence-electron chi connectivity index (χ4n) is 9.18. The van der Waals surface area contributed by atoms with E-state index in [0.29, 0.717) is 38.9 Å². The van der Waals surface area contributed by atoms with Gasteiger partial charge < -0.3 is 45.6 Å². The van der Waals surface area contributed by atoms with Crippen LogP contribution in [-0.4, -0.2) is 46.8 Å². The summed E-state index contributed by atoms with van der Waals surface area (Å²) in [4.78, 5) is 14.8. The molecule has 258 valence electrons. The van der Waals surface area contributed by atoms with Gasteiger partial charge in [-0.1, -0.05) is 36.4 Å². The van der Waals surface area contributed by atoms with Crippen LogP contribution in [0.3, 0.4) is 0 Å². The lowest BCUT2D eigenvalue weighted by Crippen LogP contribution is -2.37. The van der Waals surface area contributed by atoms with E-state index in [0.717, 1.165) is 0 Å². The predicted molar refractivity (Wildman–Crippen MR) is 187 cm³/mol. The van der Waals surface area contributed by atoms with Gasteiger partial charge in [0.25, 0.3) is 0 Å². The number of fused-ring (bicyclic) bond motifs is 2. The molecule has 10 nitrogen and oxygen atoms in total. The summed E-state index contributed by atoms with van der Waals surface area (Å²) >= 11 is 0. The van der Waals surface area contributed by atoms with Crippen molar-refractivity contribution in [3.63, 3.8) is 0 Å². The van der Waals surface area contributed by atoms with Gasteiger partial charge >= 0.3 is 5.97 Å². The number of phenolic OH excluding ortho intramolecular Hbond substituents is 8. The minimum absolute atomic E-state index is 0.00806. The summed E-state index contributed by atoms with van der Waals surface area (Å²) in [5, 5.41) is 87.9. The average Bonchev–Trinajstić information content (AvgIpc) is 3.55. The highest BCUT2D eigenvalue weighted by Gasteiger charge is 2.63. The van der Waals surface area contributed by atoms with Crippen molar-refractivity contribution in [3.8, 4) is 51.7 Å². The molecule has 3 aliphatic rings. The van der Waals surface area contributed by atoms with E-state index in [1.807, 2.05) is 0 Å². The number of esters is 1. The average molecular weight is 695 g/mol. The van der Waals surface area contributed by atoms with E-state index in [9.17, 15) is 45.6 Å². The third-order valence-electron chi connectivity index (χ3n) is 11.0. The molecule has 8 N–H and O–H groups in total. The zero-order valence-electron chi connectivity index (χ0n) is 27.1. The summed E-state index contributed by atoms with van der Waals surface area (Å²) < 4.78 is 6.05. The van der Waals surface area contributed by atoms with Gasteiger partial charge in [-0.05, 0) is 88.0 Å². The van der Waals surface area contributed by atoms with Gasteiger partial charge in [0, 0.05) is 58.6 Å². The Morgan fingerprint density at radius 2 is 0.981 bits per heavy atom. The van der Waals surface area contributed by atoms with Crippen molar-refractivity contribution in [1.82, 2.24) is 0 Å². The second-order valence-corrected chi connectivity index (χ2v) is 13.7. The van der Waals surface area contributed by atoms with E-state index >= 15 is 0 Å². The minimum Gasteiger partial charge on any atom is -0.508 e. The van der Waals surface area contributed by atoms with E-state index in [-0.39, 0.29) is 62.9 Å². The molecular formula is C42H30O10. The molecule has 0 saturated heterocycles.